The fraction of sp³-hybridized carbons (Fsp3) is 0.571. The van der Waals surface area contributed by atoms with Gasteiger partial charge in [-0.2, -0.15) is 4.37 Å². The van der Waals surface area contributed by atoms with Gasteiger partial charge in [-0.1, -0.05) is 0 Å². The number of aromatic nitrogens is 1. The second kappa shape index (κ2) is 2.32. The van der Waals surface area contributed by atoms with Gasteiger partial charge < -0.3 is 5.73 Å². The van der Waals surface area contributed by atoms with Gasteiger partial charge >= 0.3 is 0 Å². The number of hydrogen-bond acceptors (Lipinski definition) is 3. The van der Waals surface area contributed by atoms with E-state index >= 15 is 0 Å². The van der Waals surface area contributed by atoms with Crippen molar-refractivity contribution in [1.29, 1.82) is 0 Å². The molecular weight excluding hydrogens is 144 g/mol. The molecule has 1 aromatic heterocycles. The van der Waals surface area contributed by atoms with E-state index in [-0.39, 0.29) is 0 Å². The third kappa shape index (κ3) is 1.07. The van der Waals surface area contributed by atoms with E-state index in [1.807, 2.05) is 0 Å². The molecule has 1 heterocycles. The molecule has 0 atom stereocenters. The highest BCUT2D eigenvalue weighted by Gasteiger charge is 2.25. The first-order chi connectivity index (χ1) is 4.90. The molecule has 0 aliphatic heterocycles. The molecule has 1 aliphatic rings. The van der Waals surface area contributed by atoms with Crippen LogP contribution >= 0.6 is 11.5 Å². The van der Waals surface area contributed by atoms with Crippen LogP contribution in [0.3, 0.4) is 0 Å². The molecule has 1 saturated carbocycles. The van der Waals surface area contributed by atoms with Gasteiger partial charge in [0.25, 0.3) is 0 Å². The van der Waals surface area contributed by atoms with Crippen molar-refractivity contribution in [3.63, 3.8) is 0 Å². The third-order valence-corrected chi connectivity index (χ3v) is 2.60. The minimum Gasteiger partial charge on any atom is -0.326 e. The fourth-order valence-electron chi connectivity index (χ4n) is 0.997. The zero-order valence-electron chi connectivity index (χ0n) is 5.71. The average Bonchev–Trinajstić information content (AvgIpc) is 2.70. The second-order valence-corrected chi connectivity index (χ2v) is 3.59. The maximum absolute atomic E-state index is 5.45. The summed E-state index contributed by atoms with van der Waals surface area (Å²) < 4.78 is 4.31. The molecule has 3 heteroatoms. The lowest BCUT2D eigenvalue weighted by atomic mass is 10.3. The monoisotopic (exact) mass is 154 g/mol. The first kappa shape index (κ1) is 6.31. The molecule has 2 N–H and O–H groups in total. The topological polar surface area (TPSA) is 38.9 Å². The summed E-state index contributed by atoms with van der Waals surface area (Å²) in [4.78, 5) is 1.21. The van der Waals surface area contributed by atoms with Crippen LogP contribution < -0.4 is 5.73 Å². The molecule has 0 radical (unpaired) electrons. The Balaban J connectivity index is 2.19. The summed E-state index contributed by atoms with van der Waals surface area (Å²) in [6.07, 6.45) is 2.65. The quantitative estimate of drug-likeness (QED) is 0.700. The SMILES string of the molecule is NCc1cc(C2CC2)ns1. The first-order valence-corrected chi connectivity index (χ1v) is 4.33. The van der Waals surface area contributed by atoms with Gasteiger partial charge in [-0.25, -0.2) is 0 Å². The standard InChI is InChI=1S/C7H10N2S/c8-4-6-3-7(9-10-6)5-1-2-5/h3,5H,1-2,4,8H2. The lowest BCUT2D eigenvalue weighted by Gasteiger charge is -1.83. The zero-order chi connectivity index (χ0) is 6.97. The highest BCUT2D eigenvalue weighted by molar-refractivity contribution is 7.05. The van der Waals surface area contributed by atoms with Crippen molar-refractivity contribution in [2.75, 3.05) is 0 Å². The smallest absolute Gasteiger partial charge is 0.0576 e. The maximum Gasteiger partial charge on any atom is 0.0576 e. The predicted molar refractivity (Wildman–Crippen MR) is 42.0 cm³/mol. The summed E-state index contributed by atoms with van der Waals surface area (Å²) in [5.41, 5.74) is 6.72. The summed E-state index contributed by atoms with van der Waals surface area (Å²) in [5.74, 6) is 0.775. The van der Waals surface area contributed by atoms with Gasteiger partial charge in [0.15, 0.2) is 0 Å². The molecule has 0 spiro atoms. The van der Waals surface area contributed by atoms with E-state index in [2.05, 4.69) is 10.4 Å². The van der Waals surface area contributed by atoms with Crippen molar-refractivity contribution in [3.8, 4) is 0 Å². The molecule has 0 amide bonds. The van der Waals surface area contributed by atoms with E-state index in [1.165, 1.54) is 23.4 Å². The molecule has 1 fully saturated rings. The van der Waals surface area contributed by atoms with Crippen LogP contribution in [0, 0.1) is 0 Å². The molecule has 1 aliphatic carbocycles. The number of nitrogens with zero attached hydrogens (tertiary/aromatic N) is 1. The molecule has 2 rings (SSSR count). The largest absolute Gasteiger partial charge is 0.326 e. The maximum atomic E-state index is 5.45. The van der Waals surface area contributed by atoms with E-state index in [1.54, 1.807) is 11.5 Å². The van der Waals surface area contributed by atoms with Crippen molar-refractivity contribution in [2.24, 2.45) is 5.73 Å². The van der Waals surface area contributed by atoms with Crippen LogP contribution in [-0.4, -0.2) is 4.37 Å². The Hall–Kier alpha value is -0.410. The van der Waals surface area contributed by atoms with E-state index in [4.69, 9.17) is 5.73 Å². The average molecular weight is 154 g/mol. The van der Waals surface area contributed by atoms with Gasteiger partial charge in [0.2, 0.25) is 0 Å². The van der Waals surface area contributed by atoms with Crippen LogP contribution in [0.4, 0.5) is 0 Å². The highest BCUT2D eigenvalue weighted by Crippen LogP contribution is 2.39. The Kier molecular flexibility index (Phi) is 1.47. The van der Waals surface area contributed by atoms with Crippen LogP contribution in [0.5, 0.6) is 0 Å². The normalized spacial score (nSPS) is 17.7. The van der Waals surface area contributed by atoms with Gasteiger partial charge in [0.1, 0.15) is 0 Å². The Morgan fingerprint density at radius 2 is 2.50 bits per heavy atom. The van der Waals surface area contributed by atoms with Gasteiger partial charge in [-0.15, -0.1) is 0 Å². The molecular formula is C7H10N2S. The van der Waals surface area contributed by atoms with Gasteiger partial charge in [0, 0.05) is 17.3 Å². The van der Waals surface area contributed by atoms with E-state index in [0.29, 0.717) is 6.54 Å². The van der Waals surface area contributed by atoms with E-state index < -0.39 is 0 Å². The van der Waals surface area contributed by atoms with Gasteiger partial charge in [0.05, 0.1) is 5.69 Å². The van der Waals surface area contributed by atoms with Crippen molar-refractivity contribution < 1.29 is 0 Å². The second-order valence-electron chi connectivity index (χ2n) is 2.70. The van der Waals surface area contributed by atoms with Crippen molar-refractivity contribution >= 4 is 11.5 Å². The highest BCUT2D eigenvalue weighted by atomic mass is 32.1. The predicted octanol–water partition coefficient (Wildman–Crippen LogP) is 1.48. The minimum atomic E-state index is 0.643. The Morgan fingerprint density at radius 3 is 3.00 bits per heavy atom. The van der Waals surface area contributed by atoms with E-state index in [0.717, 1.165) is 5.92 Å². The lowest BCUT2D eigenvalue weighted by molar-refractivity contribution is 1.06. The zero-order valence-corrected chi connectivity index (χ0v) is 6.53. The number of rotatable bonds is 2. The molecule has 10 heavy (non-hydrogen) atoms. The number of nitrogens with two attached hydrogens (primary N) is 1. The third-order valence-electron chi connectivity index (χ3n) is 1.77. The molecule has 2 nitrogen and oxygen atoms in total. The van der Waals surface area contributed by atoms with E-state index in [9.17, 15) is 0 Å². The Morgan fingerprint density at radius 1 is 1.70 bits per heavy atom. The summed E-state index contributed by atoms with van der Waals surface area (Å²) in [6.45, 7) is 0.643. The molecule has 0 unspecified atom stereocenters. The molecule has 0 saturated heterocycles. The summed E-state index contributed by atoms with van der Waals surface area (Å²) in [7, 11) is 0. The van der Waals surface area contributed by atoms with Crippen LogP contribution in [0.2, 0.25) is 0 Å². The fourth-order valence-corrected chi connectivity index (χ4v) is 1.67. The van der Waals surface area contributed by atoms with Crippen LogP contribution in [0.25, 0.3) is 0 Å². The van der Waals surface area contributed by atoms with Crippen molar-refractivity contribution in [2.45, 2.75) is 25.3 Å². The summed E-state index contributed by atoms with van der Waals surface area (Å²) >= 11 is 1.54. The summed E-state index contributed by atoms with van der Waals surface area (Å²) in [6, 6.07) is 2.14. The first-order valence-electron chi connectivity index (χ1n) is 3.55. The van der Waals surface area contributed by atoms with Gasteiger partial charge in [-0.05, 0) is 30.4 Å². The summed E-state index contributed by atoms with van der Waals surface area (Å²) in [5, 5.41) is 0. The minimum absolute atomic E-state index is 0.643. The lowest BCUT2D eigenvalue weighted by Crippen LogP contribution is -1.91. The number of hydrogen-bond donors (Lipinski definition) is 1. The van der Waals surface area contributed by atoms with Gasteiger partial charge in [-0.3, -0.25) is 0 Å². The molecule has 1 aromatic rings. The molecule has 0 bridgehead atoms. The Labute approximate surface area is 64.2 Å². The van der Waals surface area contributed by atoms with Crippen LogP contribution in [-0.2, 0) is 6.54 Å². The van der Waals surface area contributed by atoms with Crippen LogP contribution in [0.1, 0.15) is 29.3 Å². The van der Waals surface area contributed by atoms with Crippen molar-refractivity contribution in [1.82, 2.24) is 4.37 Å². The van der Waals surface area contributed by atoms with Crippen LogP contribution in [0.15, 0.2) is 6.07 Å². The molecule has 0 aromatic carbocycles. The molecule has 54 valence electrons. The van der Waals surface area contributed by atoms with Crippen molar-refractivity contribution in [3.05, 3.63) is 16.6 Å². The Bertz CT molecular complexity index is 227.